The van der Waals surface area contributed by atoms with E-state index in [1.165, 1.54) is 36.7 Å². The molecule has 5 unspecified atom stereocenters. The van der Waals surface area contributed by atoms with Crippen molar-refractivity contribution in [1.29, 1.82) is 0 Å². The van der Waals surface area contributed by atoms with Gasteiger partial charge in [-0.1, -0.05) is 19.4 Å². The van der Waals surface area contributed by atoms with E-state index in [9.17, 15) is 26.3 Å². The first-order chi connectivity index (χ1) is 17.5. The molecule has 0 aliphatic heterocycles. The Labute approximate surface area is 214 Å². The number of alkyl halides is 6. The molecule has 2 heterocycles. The second-order valence-electron chi connectivity index (χ2n) is 10.3. The zero-order valence-corrected chi connectivity index (χ0v) is 21.1. The number of nitrogens with zero attached hydrogens (tertiary/aromatic N) is 2. The number of aromatic nitrogens is 2. The van der Waals surface area contributed by atoms with Gasteiger partial charge in [0.2, 0.25) is 0 Å². The minimum Gasteiger partial charge on any atom is -0.440 e. The molecule has 5 atom stereocenters. The van der Waals surface area contributed by atoms with Crippen molar-refractivity contribution >= 4 is 22.4 Å². The Kier molecular flexibility index (Phi) is 7.30. The van der Waals surface area contributed by atoms with Crippen molar-refractivity contribution in [2.75, 3.05) is 6.61 Å². The highest BCUT2D eigenvalue weighted by atomic mass is 32.1. The number of fused-ring (bicyclic) bond motifs is 3. The lowest BCUT2D eigenvalue weighted by Crippen LogP contribution is -2.28. The summed E-state index contributed by atoms with van der Waals surface area (Å²) >= 11 is 1.28. The van der Waals surface area contributed by atoms with E-state index < -0.39 is 30.6 Å². The number of hydrogen-bond acceptors (Lipinski definition) is 5. The minimum atomic E-state index is -5.07. The summed E-state index contributed by atoms with van der Waals surface area (Å²) in [5.41, 5.74) is -0.0988. The van der Waals surface area contributed by atoms with Crippen molar-refractivity contribution in [2.45, 2.75) is 70.3 Å². The fourth-order valence-electron chi connectivity index (χ4n) is 6.33. The normalized spacial score (nSPS) is 25.2. The van der Waals surface area contributed by atoms with Crippen molar-refractivity contribution in [3.8, 4) is 10.6 Å². The summed E-state index contributed by atoms with van der Waals surface area (Å²) in [7, 11) is 0. The van der Waals surface area contributed by atoms with Crippen LogP contribution in [0.15, 0.2) is 28.1 Å². The quantitative estimate of drug-likeness (QED) is 0.266. The van der Waals surface area contributed by atoms with Crippen LogP contribution in [-0.4, -0.2) is 28.9 Å². The fourth-order valence-corrected chi connectivity index (χ4v) is 6.99. The Hall–Kier alpha value is -2.14. The van der Waals surface area contributed by atoms with Crippen molar-refractivity contribution in [3.05, 3.63) is 35.2 Å². The lowest BCUT2D eigenvalue weighted by Gasteiger charge is -2.28. The average molecular weight is 547 g/mol. The van der Waals surface area contributed by atoms with Gasteiger partial charge in [-0.3, -0.25) is 0 Å². The number of aryl methyl sites for hydroxylation is 1. The third-order valence-corrected chi connectivity index (χ3v) is 8.61. The smallest absolute Gasteiger partial charge is 0.418 e. The largest absolute Gasteiger partial charge is 0.440 e. The van der Waals surface area contributed by atoms with Crippen LogP contribution in [0.25, 0.3) is 21.7 Å². The van der Waals surface area contributed by atoms with Crippen molar-refractivity contribution in [1.82, 2.24) is 9.97 Å². The second kappa shape index (κ2) is 10.2. The lowest BCUT2D eigenvalue weighted by molar-refractivity contribution is -0.257. The predicted octanol–water partition coefficient (Wildman–Crippen LogP) is 8.53. The number of rotatable bonds is 8. The number of thiazole rings is 1. The monoisotopic (exact) mass is 546 g/mol. The molecule has 4 nitrogen and oxygen atoms in total. The molecule has 0 amide bonds. The average Bonchev–Trinajstić information content (AvgIpc) is 3.55. The molecule has 5 rings (SSSR count). The maximum absolute atomic E-state index is 13.9. The van der Waals surface area contributed by atoms with Gasteiger partial charge in [0.25, 0.3) is 0 Å². The van der Waals surface area contributed by atoms with E-state index in [1.54, 1.807) is 11.6 Å². The van der Waals surface area contributed by atoms with Gasteiger partial charge in [-0.15, -0.1) is 11.3 Å². The molecule has 11 heteroatoms. The SMILES string of the molecule is CCC1CC2CC(CCc3nc4c(C(OCC(F)(F)F)C(F)(F)F)ccc(-c5nccs5)c4o3)CC1C2. The fraction of sp³-hybridized carbons (Fsp3) is 0.615. The summed E-state index contributed by atoms with van der Waals surface area (Å²) in [6.07, 6.45) is -3.91. The molecule has 2 aromatic heterocycles. The summed E-state index contributed by atoms with van der Waals surface area (Å²) in [5.74, 6) is 3.03. The Balaban J connectivity index is 1.45. The van der Waals surface area contributed by atoms with Crippen LogP contribution in [-0.2, 0) is 11.2 Å². The Morgan fingerprint density at radius 1 is 1.11 bits per heavy atom. The molecule has 2 bridgehead atoms. The third kappa shape index (κ3) is 5.82. The van der Waals surface area contributed by atoms with Crippen LogP contribution in [0.1, 0.15) is 63.0 Å². The van der Waals surface area contributed by atoms with Crippen LogP contribution in [0, 0.1) is 23.7 Å². The Morgan fingerprint density at radius 3 is 2.59 bits per heavy atom. The minimum absolute atomic E-state index is 0.0852. The first-order valence-electron chi connectivity index (χ1n) is 12.6. The van der Waals surface area contributed by atoms with Crippen LogP contribution < -0.4 is 0 Å². The summed E-state index contributed by atoms with van der Waals surface area (Å²) in [6.45, 7) is 0.212. The van der Waals surface area contributed by atoms with Gasteiger partial charge in [-0.05, 0) is 61.8 Å². The van der Waals surface area contributed by atoms with Gasteiger partial charge in [0.1, 0.15) is 17.1 Å². The van der Waals surface area contributed by atoms with E-state index in [0.29, 0.717) is 22.9 Å². The van der Waals surface area contributed by atoms with Crippen molar-refractivity contribution in [2.24, 2.45) is 23.7 Å². The maximum Gasteiger partial charge on any atom is 0.418 e. The van der Waals surface area contributed by atoms with E-state index in [1.807, 2.05) is 0 Å². The van der Waals surface area contributed by atoms with Gasteiger partial charge in [-0.25, -0.2) is 9.97 Å². The first kappa shape index (κ1) is 26.5. The van der Waals surface area contributed by atoms with Crippen LogP contribution in [0.5, 0.6) is 0 Å². The molecular weight excluding hydrogens is 518 g/mol. The highest BCUT2D eigenvalue weighted by Gasteiger charge is 2.46. The topological polar surface area (TPSA) is 48.2 Å². The molecule has 0 N–H and O–H groups in total. The lowest BCUT2D eigenvalue weighted by atomic mass is 9.77. The third-order valence-electron chi connectivity index (χ3n) is 7.81. The van der Waals surface area contributed by atoms with E-state index >= 15 is 0 Å². The second-order valence-corrected chi connectivity index (χ2v) is 11.2. The highest BCUT2D eigenvalue weighted by Crippen LogP contribution is 2.50. The van der Waals surface area contributed by atoms with Gasteiger partial charge in [-0.2, -0.15) is 26.3 Å². The summed E-state index contributed by atoms with van der Waals surface area (Å²) in [6, 6.07) is 2.49. The number of benzene rings is 1. The van der Waals surface area contributed by atoms with E-state index in [0.717, 1.165) is 43.1 Å². The zero-order valence-electron chi connectivity index (χ0n) is 20.2. The number of hydrogen-bond donors (Lipinski definition) is 0. The molecule has 2 saturated carbocycles. The number of ether oxygens (including phenoxy) is 1. The van der Waals surface area contributed by atoms with E-state index in [2.05, 4.69) is 21.6 Å². The summed E-state index contributed by atoms with van der Waals surface area (Å²) < 4.78 is 90.1. The van der Waals surface area contributed by atoms with Crippen LogP contribution in [0.3, 0.4) is 0 Å². The Bertz CT molecular complexity index is 1210. The van der Waals surface area contributed by atoms with Crippen LogP contribution in [0.2, 0.25) is 0 Å². The maximum atomic E-state index is 13.9. The predicted molar refractivity (Wildman–Crippen MR) is 127 cm³/mol. The standard InChI is InChI=1S/C26H28F6N2O2S/c1-2-16-11-15-9-14(10-17(16)12-15)3-6-20-34-21-18(23(26(30,31)32)35-13-25(27,28)29)4-5-19(22(21)36-20)24-33-7-8-37-24/h4-5,7-8,14-17,23H,2-3,6,9-13H2,1H3. The van der Waals surface area contributed by atoms with Gasteiger partial charge >= 0.3 is 12.4 Å². The molecule has 0 spiro atoms. The number of halogens is 6. The molecule has 0 saturated heterocycles. The van der Waals surface area contributed by atoms with E-state index in [4.69, 9.17) is 4.42 Å². The molecule has 202 valence electrons. The Morgan fingerprint density at radius 2 is 1.92 bits per heavy atom. The van der Waals surface area contributed by atoms with Gasteiger partial charge in [0.15, 0.2) is 17.6 Å². The molecule has 2 fully saturated rings. The highest BCUT2D eigenvalue weighted by molar-refractivity contribution is 7.13. The first-order valence-corrected chi connectivity index (χ1v) is 13.5. The number of oxazole rings is 1. The van der Waals surface area contributed by atoms with Crippen molar-refractivity contribution < 1.29 is 35.5 Å². The molecular formula is C26H28F6N2O2S. The molecule has 37 heavy (non-hydrogen) atoms. The van der Waals surface area contributed by atoms with Gasteiger partial charge in [0, 0.05) is 23.6 Å². The van der Waals surface area contributed by atoms with Crippen LogP contribution >= 0.6 is 11.3 Å². The molecule has 1 aromatic carbocycles. The van der Waals surface area contributed by atoms with E-state index in [-0.39, 0.29) is 17.0 Å². The van der Waals surface area contributed by atoms with Gasteiger partial charge < -0.3 is 9.15 Å². The molecule has 0 radical (unpaired) electrons. The summed E-state index contributed by atoms with van der Waals surface area (Å²) in [5, 5.41) is 2.24. The molecule has 3 aromatic rings. The van der Waals surface area contributed by atoms with Crippen LogP contribution in [0.4, 0.5) is 26.3 Å². The van der Waals surface area contributed by atoms with Gasteiger partial charge in [0.05, 0.1) is 5.56 Å². The molecule has 2 aliphatic carbocycles. The summed E-state index contributed by atoms with van der Waals surface area (Å²) in [4.78, 5) is 8.60. The molecule has 2 aliphatic rings. The zero-order chi connectivity index (χ0) is 26.4. The van der Waals surface area contributed by atoms with Crippen molar-refractivity contribution in [3.63, 3.8) is 0 Å².